The third-order valence-corrected chi connectivity index (χ3v) is 7.02. The summed E-state index contributed by atoms with van der Waals surface area (Å²) in [4.78, 5) is 12.5. The van der Waals surface area contributed by atoms with E-state index < -0.39 is 23.2 Å². The van der Waals surface area contributed by atoms with Gasteiger partial charge >= 0.3 is 5.97 Å². The lowest BCUT2D eigenvalue weighted by molar-refractivity contribution is 0.0189. The first kappa shape index (κ1) is 26.6. The minimum absolute atomic E-state index is 0.205. The normalized spacial score (nSPS) is 17.6. The number of benzene rings is 3. The monoisotopic (exact) mass is 504 g/mol. The van der Waals surface area contributed by atoms with E-state index in [2.05, 4.69) is 60.7 Å². The Labute approximate surface area is 218 Å². The summed E-state index contributed by atoms with van der Waals surface area (Å²) in [5.74, 6) is -3.05. The molecule has 37 heavy (non-hydrogen) atoms. The van der Waals surface area contributed by atoms with Crippen molar-refractivity contribution in [3.05, 3.63) is 101 Å². The highest BCUT2D eigenvalue weighted by molar-refractivity contribution is 5.90. The highest BCUT2D eigenvalue weighted by Gasteiger charge is 2.27. The number of halogens is 2. The molecule has 3 nitrogen and oxygen atoms in total. The van der Waals surface area contributed by atoms with Gasteiger partial charge < -0.3 is 9.47 Å². The van der Waals surface area contributed by atoms with Crippen LogP contribution in [0.25, 0.3) is 11.1 Å². The molecule has 194 valence electrons. The van der Waals surface area contributed by atoms with Gasteiger partial charge in [0.1, 0.15) is 6.10 Å². The van der Waals surface area contributed by atoms with Crippen LogP contribution in [0.3, 0.4) is 0 Å². The van der Waals surface area contributed by atoms with Gasteiger partial charge in [-0.1, -0.05) is 60.7 Å². The van der Waals surface area contributed by atoms with E-state index in [1.165, 1.54) is 34.4 Å². The van der Waals surface area contributed by atoms with E-state index in [4.69, 9.17) is 9.47 Å². The Morgan fingerprint density at radius 2 is 1.54 bits per heavy atom. The van der Waals surface area contributed by atoms with Crippen LogP contribution < -0.4 is 4.74 Å². The highest BCUT2D eigenvalue weighted by atomic mass is 19.2. The van der Waals surface area contributed by atoms with Crippen molar-refractivity contribution in [2.45, 2.75) is 64.4 Å². The molecule has 0 aromatic heterocycles. The van der Waals surface area contributed by atoms with Gasteiger partial charge in [0.05, 0.1) is 12.2 Å². The van der Waals surface area contributed by atoms with Gasteiger partial charge in [-0.15, -0.1) is 0 Å². The number of rotatable bonds is 9. The van der Waals surface area contributed by atoms with Crippen molar-refractivity contribution in [3.63, 3.8) is 0 Å². The maximum Gasteiger partial charge on any atom is 0.341 e. The van der Waals surface area contributed by atoms with Crippen molar-refractivity contribution in [1.29, 1.82) is 0 Å². The van der Waals surface area contributed by atoms with E-state index in [-0.39, 0.29) is 18.5 Å². The van der Waals surface area contributed by atoms with E-state index >= 15 is 0 Å². The fourth-order valence-corrected chi connectivity index (χ4v) is 4.91. The van der Waals surface area contributed by atoms with Crippen molar-refractivity contribution in [3.8, 4) is 16.9 Å². The van der Waals surface area contributed by atoms with Crippen LogP contribution in [0, 0.1) is 11.6 Å². The molecule has 5 heteroatoms. The zero-order valence-electron chi connectivity index (χ0n) is 21.5. The van der Waals surface area contributed by atoms with Crippen molar-refractivity contribution in [2.24, 2.45) is 0 Å². The van der Waals surface area contributed by atoms with Crippen LogP contribution in [0.15, 0.2) is 72.8 Å². The van der Waals surface area contributed by atoms with Crippen LogP contribution in [-0.4, -0.2) is 18.7 Å². The first-order valence-corrected chi connectivity index (χ1v) is 13.1. The van der Waals surface area contributed by atoms with Gasteiger partial charge in [-0.2, -0.15) is 4.39 Å². The van der Waals surface area contributed by atoms with E-state index in [0.717, 1.165) is 25.7 Å². The molecule has 1 fully saturated rings. The Bertz CT molecular complexity index is 1210. The summed E-state index contributed by atoms with van der Waals surface area (Å²) in [7, 11) is 0. The zero-order chi connectivity index (χ0) is 26.2. The molecular formula is C32H34F2O3. The summed E-state index contributed by atoms with van der Waals surface area (Å²) in [5, 5.41) is 0. The average Bonchev–Trinajstić information content (AvgIpc) is 2.92. The van der Waals surface area contributed by atoms with Crippen LogP contribution >= 0.6 is 0 Å². The van der Waals surface area contributed by atoms with Crippen LogP contribution in [0.4, 0.5) is 8.78 Å². The predicted octanol–water partition coefficient (Wildman–Crippen LogP) is 8.42. The fraction of sp³-hybridized carbons (Fsp3) is 0.344. The molecule has 3 aromatic rings. The summed E-state index contributed by atoms with van der Waals surface area (Å²) in [6.45, 7) is 3.93. The number of carbonyl (C=O) groups is 1. The molecule has 0 aliphatic heterocycles. The number of allylic oxidation sites excluding steroid dienone is 2. The number of esters is 1. The summed E-state index contributed by atoms with van der Waals surface area (Å²) >= 11 is 0. The van der Waals surface area contributed by atoms with Gasteiger partial charge in [-0.3, -0.25) is 0 Å². The lowest BCUT2D eigenvalue weighted by atomic mass is 9.82. The molecule has 0 unspecified atom stereocenters. The van der Waals surface area contributed by atoms with E-state index in [1.54, 1.807) is 6.92 Å². The van der Waals surface area contributed by atoms with E-state index in [9.17, 15) is 13.6 Å². The van der Waals surface area contributed by atoms with Crippen LogP contribution in [0.1, 0.15) is 73.4 Å². The standard InChI is InChI=1S/C32H34F2O3/c1-3-5-6-7-22-8-10-23(11-9-22)24-12-14-25(15-13-24)26-16-18-27(19-17-26)37-32(35)28-20-21-29(36-4-2)31(34)30(28)33/h3,5,8-15,20-21,26-27H,4,6-7,16-19H2,1-2H3/b5-3+. The first-order valence-electron chi connectivity index (χ1n) is 13.1. The first-order chi connectivity index (χ1) is 18.0. The minimum atomic E-state index is -1.23. The Balaban J connectivity index is 1.30. The predicted molar refractivity (Wildman–Crippen MR) is 143 cm³/mol. The number of hydrogen-bond acceptors (Lipinski definition) is 3. The third-order valence-electron chi connectivity index (χ3n) is 7.02. The molecule has 1 aliphatic rings. The molecule has 0 spiro atoms. The highest BCUT2D eigenvalue weighted by Crippen LogP contribution is 2.35. The Hall–Kier alpha value is -3.47. The largest absolute Gasteiger partial charge is 0.491 e. The number of hydrogen-bond donors (Lipinski definition) is 0. The summed E-state index contributed by atoms with van der Waals surface area (Å²) < 4.78 is 39.0. The lowest BCUT2D eigenvalue weighted by Gasteiger charge is -2.28. The molecule has 4 rings (SSSR count). The quantitative estimate of drug-likeness (QED) is 0.217. The molecule has 0 saturated heterocycles. The van der Waals surface area contributed by atoms with Crippen LogP contribution in [0.2, 0.25) is 0 Å². The van der Waals surface area contributed by atoms with E-state index in [0.29, 0.717) is 18.8 Å². The molecule has 0 atom stereocenters. The van der Waals surface area contributed by atoms with Crippen LogP contribution in [0.5, 0.6) is 5.75 Å². The van der Waals surface area contributed by atoms with Gasteiger partial charge in [-0.25, -0.2) is 9.18 Å². The SMILES string of the molecule is C/C=C/CCc1ccc(-c2ccc(C3CCC(OC(=O)c4ccc(OCC)c(F)c4F)CC3)cc2)cc1. The molecule has 0 amide bonds. The van der Waals surface area contributed by atoms with E-state index in [1.807, 2.05) is 6.92 Å². The number of ether oxygens (including phenoxy) is 2. The summed E-state index contributed by atoms with van der Waals surface area (Å²) in [6, 6.07) is 19.9. The molecule has 1 aliphatic carbocycles. The van der Waals surface area contributed by atoms with Crippen molar-refractivity contribution < 1.29 is 23.0 Å². The van der Waals surface area contributed by atoms with Gasteiger partial charge in [0.25, 0.3) is 0 Å². The third kappa shape index (κ3) is 6.65. The smallest absolute Gasteiger partial charge is 0.341 e. The second kappa shape index (κ2) is 12.7. The maximum atomic E-state index is 14.4. The second-order valence-corrected chi connectivity index (χ2v) is 9.48. The van der Waals surface area contributed by atoms with Gasteiger partial charge in [0.2, 0.25) is 5.82 Å². The molecule has 1 saturated carbocycles. The van der Waals surface area contributed by atoms with Crippen molar-refractivity contribution >= 4 is 5.97 Å². The zero-order valence-corrected chi connectivity index (χ0v) is 21.5. The fourth-order valence-electron chi connectivity index (χ4n) is 4.91. The Morgan fingerprint density at radius 3 is 2.16 bits per heavy atom. The summed E-state index contributed by atoms with van der Waals surface area (Å²) in [6.07, 6.45) is 9.20. The van der Waals surface area contributed by atoms with Crippen LogP contribution in [-0.2, 0) is 11.2 Å². The molecule has 0 radical (unpaired) electrons. The molecule has 3 aromatic carbocycles. The Kier molecular flexibility index (Phi) is 9.10. The second-order valence-electron chi connectivity index (χ2n) is 9.48. The van der Waals surface area contributed by atoms with Gasteiger partial charge in [0.15, 0.2) is 11.6 Å². The van der Waals surface area contributed by atoms with Crippen molar-refractivity contribution in [2.75, 3.05) is 6.61 Å². The number of aryl methyl sites for hydroxylation is 1. The molecule has 0 N–H and O–H groups in total. The topological polar surface area (TPSA) is 35.5 Å². The molecule has 0 heterocycles. The minimum Gasteiger partial charge on any atom is -0.491 e. The average molecular weight is 505 g/mol. The maximum absolute atomic E-state index is 14.4. The van der Waals surface area contributed by atoms with Gasteiger partial charge in [-0.05, 0) is 92.7 Å². The summed E-state index contributed by atoms with van der Waals surface area (Å²) in [5.41, 5.74) is 4.61. The molecule has 0 bridgehead atoms. The molecular weight excluding hydrogens is 470 g/mol. The lowest BCUT2D eigenvalue weighted by Crippen LogP contribution is -2.24. The van der Waals surface area contributed by atoms with Gasteiger partial charge in [0, 0.05) is 0 Å². The number of carbonyl (C=O) groups excluding carboxylic acids is 1. The van der Waals surface area contributed by atoms with Crippen molar-refractivity contribution in [1.82, 2.24) is 0 Å². The Morgan fingerprint density at radius 1 is 0.892 bits per heavy atom.